The van der Waals surface area contributed by atoms with Crippen molar-refractivity contribution in [1.29, 1.82) is 0 Å². The first-order valence-corrected chi connectivity index (χ1v) is 11.1. The van der Waals surface area contributed by atoms with Crippen molar-refractivity contribution in [1.82, 2.24) is 24.3 Å². The summed E-state index contributed by atoms with van der Waals surface area (Å²) in [7, 11) is 4.15. The van der Waals surface area contributed by atoms with Crippen LogP contribution in [0.15, 0.2) is 48.3 Å². The van der Waals surface area contributed by atoms with E-state index < -0.39 is 0 Å². The van der Waals surface area contributed by atoms with Gasteiger partial charge in [-0.3, -0.25) is 4.40 Å². The van der Waals surface area contributed by atoms with Crippen LogP contribution >= 0.6 is 0 Å². The fourth-order valence-electron chi connectivity index (χ4n) is 3.81. The van der Waals surface area contributed by atoms with E-state index in [1.54, 1.807) is 6.20 Å². The third kappa shape index (κ3) is 5.27. The van der Waals surface area contributed by atoms with E-state index in [-0.39, 0.29) is 0 Å². The Hall–Kier alpha value is -2.83. The van der Waals surface area contributed by atoms with Gasteiger partial charge >= 0.3 is 0 Å². The molecule has 6 nitrogen and oxygen atoms in total. The Morgan fingerprint density at radius 1 is 1.10 bits per heavy atom. The van der Waals surface area contributed by atoms with Gasteiger partial charge in [0, 0.05) is 18.9 Å². The van der Waals surface area contributed by atoms with E-state index in [9.17, 15) is 0 Å². The molecule has 3 heterocycles. The summed E-state index contributed by atoms with van der Waals surface area (Å²) in [5.41, 5.74) is 13.5. The fourth-order valence-corrected chi connectivity index (χ4v) is 3.81. The van der Waals surface area contributed by atoms with Crippen LogP contribution in [0.2, 0.25) is 0 Å². The minimum atomic E-state index is 0.317. The zero-order valence-corrected chi connectivity index (χ0v) is 19.4. The molecule has 4 rings (SSSR count). The molecular weight excluding hydrogens is 384 g/mol. The van der Waals surface area contributed by atoms with Crippen molar-refractivity contribution in [3.63, 3.8) is 0 Å². The first-order chi connectivity index (χ1) is 15.0. The van der Waals surface area contributed by atoms with Gasteiger partial charge in [-0.1, -0.05) is 31.6 Å². The van der Waals surface area contributed by atoms with Crippen LogP contribution in [0.1, 0.15) is 57.1 Å². The lowest BCUT2D eigenvalue weighted by Crippen LogP contribution is -2.10. The van der Waals surface area contributed by atoms with E-state index >= 15 is 0 Å². The molecule has 0 amide bonds. The van der Waals surface area contributed by atoms with Crippen molar-refractivity contribution in [2.75, 3.05) is 14.1 Å². The molecule has 6 heteroatoms. The monoisotopic (exact) mass is 418 g/mol. The predicted octanol–water partition coefficient (Wildman–Crippen LogP) is 4.85. The molecule has 3 aromatic heterocycles. The van der Waals surface area contributed by atoms with Crippen molar-refractivity contribution >= 4 is 11.2 Å². The van der Waals surface area contributed by atoms with Gasteiger partial charge in [-0.05, 0) is 69.6 Å². The number of rotatable bonds is 5. The van der Waals surface area contributed by atoms with Crippen molar-refractivity contribution in [3.05, 3.63) is 65.4 Å². The summed E-state index contributed by atoms with van der Waals surface area (Å²) in [4.78, 5) is 16.2. The molecule has 0 fully saturated rings. The third-order valence-electron chi connectivity index (χ3n) is 5.21. The van der Waals surface area contributed by atoms with Crippen LogP contribution in [0.4, 0.5) is 0 Å². The summed E-state index contributed by atoms with van der Waals surface area (Å²) in [6, 6.07) is 6.26. The molecule has 1 aliphatic carbocycles. The summed E-state index contributed by atoms with van der Waals surface area (Å²) in [5.74, 6) is 0.637. The average Bonchev–Trinajstić information content (AvgIpc) is 3.01. The van der Waals surface area contributed by atoms with Gasteiger partial charge < -0.3 is 10.6 Å². The topological polar surface area (TPSA) is 72.3 Å². The molecule has 0 bridgehead atoms. The van der Waals surface area contributed by atoms with Gasteiger partial charge in [-0.25, -0.2) is 15.0 Å². The quantitative estimate of drug-likeness (QED) is 0.641. The number of hydrogen-bond donors (Lipinski definition) is 1. The molecular formula is C25H34N6. The number of nitrogens with two attached hydrogens (primary N) is 1. The van der Waals surface area contributed by atoms with Gasteiger partial charge in [0.25, 0.3) is 0 Å². The Balaban J connectivity index is 0.00000132. The number of allylic oxidation sites excluding steroid dienone is 4. The largest absolute Gasteiger partial charge is 0.324 e. The predicted molar refractivity (Wildman–Crippen MR) is 128 cm³/mol. The number of imidazole rings is 1. The Kier molecular flexibility index (Phi) is 7.71. The zero-order valence-electron chi connectivity index (χ0n) is 19.4. The number of pyridine rings is 1. The highest BCUT2D eigenvalue weighted by atomic mass is 15.1. The minimum absolute atomic E-state index is 0.317. The fraction of sp³-hybridized carbons (Fsp3) is 0.400. The number of aromatic nitrogens is 4. The van der Waals surface area contributed by atoms with Gasteiger partial charge in [0.05, 0.1) is 23.6 Å². The summed E-state index contributed by atoms with van der Waals surface area (Å²) in [6.07, 6.45) is 11.6. The second-order valence-corrected chi connectivity index (χ2v) is 7.93. The molecule has 0 atom stereocenters. The van der Waals surface area contributed by atoms with Crippen LogP contribution in [0.3, 0.4) is 0 Å². The molecule has 0 spiro atoms. The third-order valence-corrected chi connectivity index (χ3v) is 5.21. The van der Waals surface area contributed by atoms with E-state index in [0.29, 0.717) is 12.4 Å². The van der Waals surface area contributed by atoms with Crippen LogP contribution in [-0.4, -0.2) is 38.3 Å². The molecule has 0 saturated heterocycles. The summed E-state index contributed by atoms with van der Waals surface area (Å²) in [5, 5.41) is 0. The highest BCUT2D eigenvalue weighted by molar-refractivity contribution is 5.80. The van der Waals surface area contributed by atoms with Gasteiger partial charge in [-0.15, -0.1) is 0 Å². The van der Waals surface area contributed by atoms with Crippen LogP contribution in [0.5, 0.6) is 0 Å². The van der Waals surface area contributed by atoms with Crippen molar-refractivity contribution in [3.8, 4) is 11.4 Å². The molecule has 0 saturated carbocycles. The van der Waals surface area contributed by atoms with Crippen molar-refractivity contribution in [2.45, 2.75) is 53.1 Å². The Bertz CT molecular complexity index is 1090. The zero-order chi connectivity index (χ0) is 22.4. The molecule has 0 radical (unpaired) electrons. The van der Waals surface area contributed by atoms with E-state index in [1.165, 1.54) is 16.7 Å². The Labute approximate surface area is 185 Å². The van der Waals surface area contributed by atoms with Gasteiger partial charge in [0.1, 0.15) is 11.5 Å². The van der Waals surface area contributed by atoms with Crippen LogP contribution in [0.25, 0.3) is 22.6 Å². The van der Waals surface area contributed by atoms with Crippen LogP contribution in [0, 0.1) is 0 Å². The molecule has 0 aliphatic heterocycles. The van der Waals surface area contributed by atoms with E-state index in [2.05, 4.69) is 65.8 Å². The highest BCUT2D eigenvalue weighted by Gasteiger charge is 2.20. The molecule has 0 unspecified atom stereocenters. The number of nitrogens with zero attached hydrogens (tertiary/aromatic N) is 5. The maximum absolute atomic E-state index is 5.80. The van der Waals surface area contributed by atoms with Gasteiger partial charge in [-0.2, -0.15) is 0 Å². The SMILES string of the molecule is CC.CC1=CC=C(c2nc3cc(CN(C)C)ccn3c2-c2ccnc(CN)n2)CCC1. The van der Waals surface area contributed by atoms with Crippen molar-refractivity contribution in [2.24, 2.45) is 5.73 Å². The van der Waals surface area contributed by atoms with Gasteiger partial charge in [0.15, 0.2) is 0 Å². The van der Waals surface area contributed by atoms with Crippen LogP contribution in [-0.2, 0) is 13.1 Å². The maximum atomic E-state index is 5.80. The first-order valence-electron chi connectivity index (χ1n) is 11.1. The molecule has 3 aromatic rings. The summed E-state index contributed by atoms with van der Waals surface area (Å²) < 4.78 is 2.14. The van der Waals surface area contributed by atoms with E-state index in [1.807, 2.05) is 19.9 Å². The normalized spacial score (nSPS) is 14.0. The smallest absolute Gasteiger partial charge is 0.142 e. The maximum Gasteiger partial charge on any atom is 0.142 e. The molecule has 2 N–H and O–H groups in total. The molecule has 164 valence electrons. The minimum Gasteiger partial charge on any atom is -0.324 e. The first kappa shape index (κ1) is 22.8. The molecule has 1 aliphatic rings. The van der Waals surface area contributed by atoms with Crippen molar-refractivity contribution < 1.29 is 0 Å². The second-order valence-electron chi connectivity index (χ2n) is 7.93. The lowest BCUT2D eigenvalue weighted by Gasteiger charge is -2.10. The Morgan fingerprint density at radius 3 is 2.65 bits per heavy atom. The standard InChI is InChI=1S/C23H28N6.C2H6/c1-16-5-4-6-18(8-7-16)22-23(19-9-11-25-20(14-24)26-19)29-12-10-17(15-28(2)3)13-21(29)27-22;1-2/h7-13H,4-6,14-15,24H2,1-3H3;1-2H3. The lowest BCUT2D eigenvalue weighted by molar-refractivity contribution is 0.402. The average molecular weight is 419 g/mol. The molecule has 0 aromatic carbocycles. The summed E-state index contributed by atoms with van der Waals surface area (Å²) in [6.45, 7) is 7.39. The van der Waals surface area contributed by atoms with Crippen LogP contribution < -0.4 is 5.73 Å². The Morgan fingerprint density at radius 2 is 1.90 bits per heavy atom. The number of fused-ring (bicyclic) bond motifs is 1. The number of hydrogen-bond acceptors (Lipinski definition) is 5. The lowest BCUT2D eigenvalue weighted by atomic mass is 10.0. The molecule has 31 heavy (non-hydrogen) atoms. The van der Waals surface area contributed by atoms with E-state index in [0.717, 1.165) is 48.5 Å². The summed E-state index contributed by atoms with van der Waals surface area (Å²) >= 11 is 0. The van der Waals surface area contributed by atoms with E-state index in [4.69, 9.17) is 15.7 Å². The highest BCUT2D eigenvalue weighted by Crippen LogP contribution is 2.33. The second kappa shape index (κ2) is 10.5. The van der Waals surface area contributed by atoms with Gasteiger partial charge in [0.2, 0.25) is 0 Å².